The molecular formula is C16H18O8S. The Bertz CT molecular complexity index is 771. The van der Waals surface area contributed by atoms with Gasteiger partial charge in [-0.1, -0.05) is 18.2 Å². The van der Waals surface area contributed by atoms with Crippen LogP contribution in [-0.4, -0.2) is 51.9 Å². The van der Waals surface area contributed by atoms with Crippen molar-refractivity contribution in [2.45, 2.75) is 22.5 Å². The maximum Gasteiger partial charge on any atom is 0.328 e. The number of carbonyl (C=O) groups is 3. The van der Waals surface area contributed by atoms with Gasteiger partial charge in [0, 0.05) is 5.92 Å². The molecule has 136 valence electrons. The van der Waals surface area contributed by atoms with E-state index in [9.17, 15) is 22.8 Å². The average molecular weight is 370 g/mol. The van der Waals surface area contributed by atoms with E-state index in [1.165, 1.54) is 24.3 Å². The summed E-state index contributed by atoms with van der Waals surface area (Å²) < 4.78 is 38.3. The van der Waals surface area contributed by atoms with Crippen LogP contribution >= 0.6 is 0 Å². The Labute approximate surface area is 145 Å². The SMILES string of the molecule is COC(=O)C[C@@H]1COC(=O)[C@@]1(CC(=O)OC)S(=O)(=O)c1ccccc1. The summed E-state index contributed by atoms with van der Waals surface area (Å²) in [6.45, 7) is -0.309. The molecule has 1 aliphatic heterocycles. The molecule has 1 heterocycles. The van der Waals surface area contributed by atoms with E-state index in [0.717, 1.165) is 14.2 Å². The molecule has 0 N–H and O–H groups in total. The summed E-state index contributed by atoms with van der Waals surface area (Å²) in [7, 11) is -2.11. The third kappa shape index (κ3) is 3.23. The van der Waals surface area contributed by atoms with Crippen LogP contribution in [0.2, 0.25) is 0 Å². The van der Waals surface area contributed by atoms with Gasteiger partial charge >= 0.3 is 17.9 Å². The van der Waals surface area contributed by atoms with Gasteiger partial charge in [-0.25, -0.2) is 8.42 Å². The van der Waals surface area contributed by atoms with Crippen LogP contribution in [0.5, 0.6) is 0 Å². The van der Waals surface area contributed by atoms with Crippen molar-refractivity contribution in [2.24, 2.45) is 5.92 Å². The smallest absolute Gasteiger partial charge is 0.328 e. The van der Waals surface area contributed by atoms with E-state index < -0.39 is 44.8 Å². The van der Waals surface area contributed by atoms with Gasteiger partial charge in [-0.2, -0.15) is 0 Å². The van der Waals surface area contributed by atoms with Crippen LogP contribution in [-0.2, 0) is 38.4 Å². The van der Waals surface area contributed by atoms with E-state index in [-0.39, 0.29) is 17.9 Å². The van der Waals surface area contributed by atoms with E-state index in [2.05, 4.69) is 9.47 Å². The van der Waals surface area contributed by atoms with Gasteiger partial charge in [-0.3, -0.25) is 14.4 Å². The van der Waals surface area contributed by atoms with Crippen molar-refractivity contribution < 1.29 is 37.0 Å². The molecule has 0 aromatic heterocycles. The Morgan fingerprint density at radius 1 is 1.16 bits per heavy atom. The highest BCUT2D eigenvalue weighted by Crippen LogP contribution is 2.43. The van der Waals surface area contributed by atoms with Crippen LogP contribution in [0.1, 0.15) is 12.8 Å². The fourth-order valence-corrected chi connectivity index (χ4v) is 4.96. The first-order valence-corrected chi connectivity index (χ1v) is 8.88. The van der Waals surface area contributed by atoms with Gasteiger partial charge in [0.2, 0.25) is 0 Å². The lowest BCUT2D eigenvalue weighted by Crippen LogP contribution is -2.51. The monoisotopic (exact) mass is 370 g/mol. The number of sulfone groups is 1. The van der Waals surface area contributed by atoms with Gasteiger partial charge in [-0.05, 0) is 12.1 Å². The summed E-state index contributed by atoms with van der Waals surface area (Å²) in [5.74, 6) is -3.75. The molecule has 0 unspecified atom stereocenters. The summed E-state index contributed by atoms with van der Waals surface area (Å²) in [5, 5.41) is 0. The van der Waals surface area contributed by atoms with E-state index >= 15 is 0 Å². The minimum atomic E-state index is -4.34. The molecule has 2 rings (SSSR count). The second kappa shape index (κ2) is 7.22. The van der Waals surface area contributed by atoms with E-state index in [0.29, 0.717) is 0 Å². The van der Waals surface area contributed by atoms with Gasteiger partial charge in [0.05, 0.1) is 38.6 Å². The van der Waals surface area contributed by atoms with Crippen molar-refractivity contribution in [2.75, 3.05) is 20.8 Å². The quantitative estimate of drug-likeness (QED) is 0.525. The molecule has 1 aliphatic rings. The van der Waals surface area contributed by atoms with Crippen LogP contribution in [0.15, 0.2) is 35.2 Å². The van der Waals surface area contributed by atoms with Crippen molar-refractivity contribution in [1.82, 2.24) is 0 Å². The zero-order valence-electron chi connectivity index (χ0n) is 13.8. The molecule has 1 fully saturated rings. The Balaban J connectivity index is 2.62. The number of ether oxygens (including phenoxy) is 3. The number of hydrogen-bond donors (Lipinski definition) is 0. The summed E-state index contributed by atoms with van der Waals surface area (Å²) in [6, 6.07) is 7.23. The molecule has 9 heteroatoms. The molecule has 8 nitrogen and oxygen atoms in total. The minimum Gasteiger partial charge on any atom is -0.469 e. The number of hydrogen-bond acceptors (Lipinski definition) is 8. The lowest BCUT2D eigenvalue weighted by Gasteiger charge is -2.29. The molecule has 2 atom stereocenters. The number of methoxy groups -OCH3 is 2. The number of cyclic esters (lactones) is 1. The van der Waals surface area contributed by atoms with Crippen LogP contribution in [0.25, 0.3) is 0 Å². The van der Waals surface area contributed by atoms with Gasteiger partial charge < -0.3 is 14.2 Å². The molecule has 1 saturated heterocycles. The van der Waals surface area contributed by atoms with Crippen molar-refractivity contribution in [3.8, 4) is 0 Å². The Morgan fingerprint density at radius 2 is 1.76 bits per heavy atom. The predicted molar refractivity (Wildman–Crippen MR) is 84.1 cm³/mol. The van der Waals surface area contributed by atoms with E-state index in [1.54, 1.807) is 6.07 Å². The first kappa shape index (κ1) is 18.9. The topological polar surface area (TPSA) is 113 Å². The molecule has 0 amide bonds. The van der Waals surface area contributed by atoms with Crippen molar-refractivity contribution in [3.63, 3.8) is 0 Å². The standard InChI is InChI=1S/C16H18O8S/c1-22-13(17)8-11-10-24-15(19)16(11,9-14(18)23-2)25(20,21)12-6-4-3-5-7-12/h3-7,11H,8-10H2,1-2H3/t11-,16+/m1/s1. The van der Waals surface area contributed by atoms with Gasteiger partial charge in [0.25, 0.3) is 0 Å². The summed E-state index contributed by atoms with van der Waals surface area (Å²) in [5.41, 5.74) is 0. The Morgan fingerprint density at radius 3 is 2.32 bits per heavy atom. The number of esters is 3. The molecule has 1 aromatic rings. The lowest BCUT2D eigenvalue weighted by molar-refractivity contribution is -0.147. The largest absolute Gasteiger partial charge is 0.469 e. The van der Waals surface area contributed by atoms with Crippen molar-refractivity contribution in [1.29, 1.82) is 0 Å². The molecule has 0 bridgehead atoms. The van der Waals surface area contributed by atoms with Crippen LogP contribution in [0.3, 0.4) is 0 Å². The maximum atomic E-state index is 13.2. The fourth-order valence-electron chi connectivity index (χ4n) is 2.85. The van der Waals surface area contributed by atoms with Gasteiger partial charge in [0.15, 0.2) is 14.6 Å². The third-order valence-electron chi connectivity index (χ3n) is 4.23. The highest BCUT2D eigenvalue weighted by Gasteiger charge is 2.63. The molecule has 1 aromatic carbocycles. The van der Waals surface area contributed by atoms with Crippen LogP contribution < -0.4 is 0 Å². The molecule has 0 aliphatic carbocycles. The Kier molecular flexibility index (Phi) is 5.46. The van der Waals surface area contributed by atoms with Crippen LogP contribution in [0, 0.1) is 5.92 Å². The first-order valence-electron chi connectivity index (χ1n) is 7.40. The Hall–Kier alpha value is -2.42. The normalized spacial score (nSPS) is 23.0. The van der Waals surface area contributed by atoms with Gasteiger partial charge in [0.1, 0.15) is 0 Å². The minimum absolute atomic E-state index is 0.146. The van der Waals surface area contributed by atoms with Crippen molar-refractivity contribution in [3.05, 3.63) is 30.3 Å². The number of carbonyl (C=O) groups excluding carboxylic acids is 3. The zero-order valence-corrected chi connectivity index (χ0v) is 14.6. The summed E-state index contributed by atoms with van der Waals surface area (Å²) in [4.78, 5) is 35.9. The molecule has 25 heavy (non-hydrogen) atoms. The summed E-state index contributed by atoms with van der Waals surface area (Å²) in [6.07, 6.45) is -1.13. The molecular weight excluding hydrogens is 352 g/mol. The maximum absolute atomic E-state index is 13.2. The highest BCUT2D eigenvalue weighted by atomic mass is 32.2. The number of rotatable bonds is 6. The first-order chi connectivity index (χ1) is 11.8. The van der Waals surface area contributed by atoms with E-state index in [1.807, 2.05) is 0 Å². The summed E-state index contributed by atoms with van der Waals surface area (Å²) >= 11 is 0. The molecule has 0 spiro atoms. The number of benzene rings is 1. The van der Waals surface area contributed by atoms with Crippen molar-refractivity contribution >= 4 is 27.7 Å². The highest BCUT2D eigenvalue weighted by molar-refractivity contribution is 7.93. The lowest BCUT2D eigenvalue weighted by atomic mass is 9.88. The van der Waals surface area contributed by atoms with E-state index in [4.69, 9.17) is 4.74 Å². The van der Waals surface area contributed by atoms with Crippen LogP contribution in [0.4, 0.5) is 0 Å². The second-order valence-electron chi connectivity index (χ2n) is 5.53. The molecule has 0 saturated carbocycles. The second-order valence-corrected chi connectivity index (χ2v) is 7.74. The molecule has 0 radical (unpaired) electrons. The third-order valence-corrected chi connectivity index (χ3v) is 6.73. The van der Waals surface area contributed by atoms with Gasteiger partial charge in [-0.15, -0.1) is 0 Å². The zero-order chi connectivity index (χ0) is 18.7. The predicted octanol–water partition coefficient (Wildman–Crippen LogP) is 0.498. The fraction of sp³-hybridized carbons (Fsp3) is 0.438. The average Bonchev–Trinajstić information content (AvgIpc) is 2.92.